The molecule has 2 saturated heterocycles. The van der Waals surface area contributed by atoms with E-state index in [4.69, 9.17) is 18.9 Å². The fourth-order valence-electron chi connectivity index (χ4n) is 10.9. The molecule has 4 aliphatic rings. The van der Waals surface area contributed by atoms with Crippen LogP contribution < -0.4 is 5.32 Å². The second-order valence-corrected chi connectivity index (χ2v) is 20.9. The SMILES string of the molecule is COC1CC(C[C@@H](C)[C@@H]2CC[C@H](C)/C=C(\C)C(O)[C@@H](OC)C(=O)C(C)C[C@H](C)/C=C/C=C/C=C(\C)C(Nc3ccccn3)C[C@@H]3CCC(C)C(O)(O3)C(=O)C(=O)N3CCCCC3C(=O)O2)CC[C@H]1O. The number of aliphatic hydroxyl groups is 3. The van der Waals surface area contributed by atoms with Crippen LogP contribution in [0.2, 0.25) is 0 Å². The molecule has 14 heteroatoms. The molecule has 14 nitrogen and oxygen atoms in total. The fourth-order valence-corrected chi connectivity index (χ4v) is 10.9. The summed E-state index contributed by atoms with van der Waals surface area (Å²) < 4.78 is 24.1. The van der Waals surface area contributed by atoms with Crippen LogP contribution >= 0.6 is 0 Å². The van der Waals surface area contributed by atoms with Crippen molar-refractivity contribution in [3.8, 4) is 0 Å². The number of carbonyl (C=O) groups is 4. The van der Waals surface area contributed by atoms with Crippen molar-refractivity contribution in [2.75, 3.05) is 26.1 Å². The minimum atomic E-state index is -2.41. The molecule has 4 heterocycles. The number of cyclic esters (lactones) is 1. The average molecular weight is 962 g/mol. The molecular weight excluding hydrogens is 879 g/mol. The van der Waals surface area contributed by atoms with Crippen LogP contribution in [0, 0.1) is 35.5 Å². The van der Waals surface area contributed by atoms with Crippen molar-refractivity contribution in [1.29, 1.82) is 0 Å². The summed E-state index contributed by atoms with van der Waals surface area (Å²) in [5, 5.41) is 37.7. The van der Waals surface area contributed by atoms with E-state index in [2.05, 4.69) is 17.2 Å². The quantitative estimate of drug-likeness (QED) is 0.117. The van der Waals surface area contributed by atoms with Gasteiger partial charge in [-0.05, 0) is 139 Å². The molecule has 3 fully saturated rings. The first-order chi connectivity index (χ1) is 32.9. The highest BCUT2D eigenvalue weighted by molar-refractivity contribution is 6.39. The Hall–Kier alpha value is -4.05. The van der Waals surface area contributed by atoms with Crippen molar-refractivity contribution >= 4 is 29.3 Å². The summed E-state index contributed by atoms with van der Waals surface area (Å²) in [6.45, 7) is 13.6. The van der Waals surface area contributed by atoms with Crippen molar-refractivity contribution in [1.82, 2.24) is 9.88 Å². The van der Waals surface area contributed by atoms with Crippen LogP contribution in [0.5, 0.6) is 0 Å². The number of hydrogen-bond acceptors (Lipinski definition) is 13. The molecule has 384 valence electrons. The lowest BCUT2D eigenvalue weighted by Crippen LogP contribution is -2.61. The molecule has 1 saturated carbocycles. The predicted molar refractivity (Wildman–Crippen MR) is 266 cm³/mol. The van der Waals surface area contributed by atoms with Gasteiger partial charge in [0.15, 0.2) is 5.78 Å². The molecule has 5 rings (SSSR count). The Morgan fingerprint density at radius 3 is 2.35 bits per heavy atom. The third-order valence-corrected chi connectivity index (χ3v) is 15.3. The van der Waals surface area contributed by atoms with Gasteiger partial charge in [0.25, 0.3) is 11.7 Å². The number of ether oxygens (including phenoxy) is 4. The van der Waals surface area contributed by atoms with Crippen molar-refractivity contribution in [2.45, 2.75) is 186 Å². The molecule has 1 aliphatic carbocycles. The molecule has 8 unspecified atom stereocenters. The van der Waals surface area contributed by atoms with E-state index in [9.17, 15) is 34.5 Å². The normalized spacial score (nSPS) is 38.6. The van der Waals surface area contributed by atoms with Crippen molar-refractivity contribution in [2.24, 2.45) is 35.5 Å². The van der Waals surface area contributed by atoms with Gasteiger partial charge in [0, 0.05) is 38.8 Å². The summed E-state index contributed by atoms with van der Waals surface area (Å²) in [6.07, 6.45) is 16.6. The van der Waals surface area contributed by atoms with Gasteiger partial charge in [-0.25, -0.2) is 9.78 Å². The molecule has 69 heavy (non-hydrogen) atoms. The number of rotatable bonds is 7. The Bertz CT molecular complexity index is 1970. The van der Waals surface area contributed by atoms with Gasteiger partial charge in [-0.2, -0.15) is 0 Å². The number of aliphatic hydroxyl groups excluding tert-OH is 2. The number of Topliss-reactive ketones (excluding diaryl/α,β-unsaturated/α-hetero) is 2. The zero-order valence-electron chi connectivity index (χ0n) is 42.8. The molecule has 2 bridgehead atoms. The lowest BCUT2D eigenvalue weighted by atomic mass is 9.78. The zero-order chi connectivity index (χ0) is 50.4. The van der Waals surface area contributed by atoms with Crippen LogP contribution in [-0.4, -0.2) is 124 Å². The van der Waals surface area contributed by atoms with Crippen molar-refractivity contribution < 1.29 is 53.4 Å². The van der Waals surface area contributed by atoms with Gasteiger partial charge in [0.05, 0.1) is 24.4 Å². The number of allylic oxidation sites excluding steroid dienone is 6. The van der Waals surface area contributed by atoms with Gasteiger partial charge >= 0.3 is 5.97 Å². The molecule has 1 aromatic heterocycles. The molecular formula is C55H83N3O11. The molecule has 3 aliphatic heterocycles. The van der Waals surface area contributed by atoms with Crippen LogP contribution in [0.15, 0.2) is 72.0 Å². The minimum Gasteiger partial charge on any atom is -0.461 e. The monoisotopic (exact) mass is 962 g/mol. The standard InChI is InChI=1S/C55H83N3O11/c1-34-17-11-10-12-18-36(3)43(57-48-20-13-15-27-56-48)33-42-24-22-40(7)55(65,69-42)52(62)53(63)58-28-16-14-19-44(58)54(64)68-46(37(4)31-41-23-25-45(59)47(32-41)66-8)26-21-35(2)30-39(6)50(61)51(67-9)49(60)38(5)29-34/h10-13,15,17-18,20,27,30,34-35,37-38,40-47,50-51,59,61,65H,14,16,19,21-26,28-29,31-33H2,1-9H3,(H,56,57)/b12-10+,17-11+,36-18+,39-30+/t34-,35+,37-,38?,40?,41?,42+,43?,44?,45-,46+,47?,50?,51+,55?/m1/s1. The molecule has 0 radical (unpaired) electrons. The van der Waals surface area contributed by atoms with Crippen LogP contribution in [0.25, 0.3) is 0 Å². The first kappa shape index (κ1) is 55.9. The van der Waals surface area contributed by atoms with E-state index in [1.165, 1.54) is 12.0 Å². The van der Waals surface area contributed by atoms with Crippen molar-refractivity contribution in [3.05, 3.63) is 72.0 Å². The number of anilines is 1. The second kappa shape index (κ2) is 26.4. The molecule has 4 N–H and O–H groups in total. The van der Waals surface area contributed by atoms with E-state index in [1.807, 2.05) is 82.4 Å². The minimum absolute atomic E-state index is 0.0510. The molecule has 0 spiro atoms. The number of esters is 1. The number of nitrogens with one attached hydrogen (secondary N) is 1. The number of amides is 1. The predicted octanol–water partition coefficient (Wildman–Crippen LogP) is 7.86. The fraction of sp³-hybridized carbons (Fsp3) is 0.691. The first-order valence-electron chi connectivity index (χ1n) is 25.7. The van der Waals surface area contributed by atoms with Gasteiger partial charge in [0.2, 0.25) is 5.79 Å². The van der Waals surface area contributed by atoms with Gasteiger partial charge in [-0.15, -0.1) is 0 Å². The average Bonchev–Trinajstić information content (AvgIpc) is 3.33. The highest BCUT2D eigenvalue weighted by Crippen LogP contribution is 2.38. The number of nitrogens with zero attached hydrogens (tertiary/aromatic N) is 2. The lowest BCUT2D eigenvalue weighted by molar-refractivity contribution is -0.263. The van der Waals surface area contributed by atoms with Crippen LogP contribution in [0.1, 0.15) is 132 Å². The summed E-state index contributed by atoms with van der Waals surface area (Å²) in [5.41, 5.74) is 1.55. The maximum atomic E-state index is 14.5. The van der Waals surface area contributed by atoms with E-state index in [-0.39, 0.29) is 54.1 Å². The molecule has 15 atom stereocenters. The smallest absolute Gasteiger partial charge is 0.329 e. The topological polar surface area (TPSA) is 194 Å². The van der Waals surface area contributed by atoms with E-state index in [1.54, 1.807) is 27.2 Å². The number of aromatic nitrogens is 1. The van der Waals surface area contributed by atoms with Crippen LogP contribution in [0.3, 0.4) is 0 Å². The third kappa shape index (κ3) is 15.2. The van der Waals surface area contributed by atoms with Crippen LogP contribution in [0.4, 0.5) is 5.82 Å². The van der Waals surface area contributed by atoms with Crippen LogP contribution in [-0.2, 0) is 38.1 Å². The number of carbonyl (C=O) groups excluding carboxylic acids is 4. The Kier molecular flexibility index (Phi) is 21.4. The van der Waals surface area contributed by atoms with Gasteiger partial charge in [-0.1, -0.05) is 82.7 Å². The highest BCUT2D eigenvalue weighted by Gasteiger charge is 2.53. The summed E-state index contributed by atoms with van der Waals surface area (Å²) in [4.78, 5) is 62.9. The van der Waals surface area contributed by atoms with Crippen molar-refractivity contribution in [3.63, 3.8) is 0 Å². The number of piperidine rings is 1. The first-order valence-corrected chi connectivity index (χ1v) is 25.7. The summed E-state index contributed by atoms with van der Waals surface area (Å²) >= 11 is 0. The molecule has 0 aromatic carbocycles. The lowest BCUT2D eigenvalue weighted by Gasteiger charge is -2.43. The number of methoxy groups -OCH3 is 2. The van der Waals surface area contributed by atoms with E-state index < -0.39 is 65.9 Å². The maximum Gasteiger partial charge on any atom is 0.329 e. The van der Waals surface area contributed by atoms with Gasteiger partial charge < -0.3 is 44.5 Å². The van der Waals surface area contributed by atoms with Gasteiger partial charge in [-0.3, -0.25) is 14.4 Å². The number of fused-ring (bicyclic) bond motifs is 3. The zero-order valence-corrected chi connectivity index (χ0v) is 42.8. The Labute approximate surface area is 411 Å². The Balaban J connectivity index is 1.47. The number of hydrogen-bond donors (Lipinski definition) is 4. The largest absolute Gasteiger partial charge is 0.461 e. The third-order valence-electron chi connectivity index (χ3n) is 15.3. The van der Waals surface area contributed by atoms with E-state index in [0.717, 1.165) is 18.4 Å². The molecule has 1 aromatic rings. The summed E-state index contributed by atoms with van der Waals surface area (Å²) in [5.74, 6) is -5.57. The van der Waals surface area contributed by atoms with E-state index in [0.29, 0.717) is 82.0 Å². The van der Waals surface area contributed by atoms with Gasteiger partial charge in [0.1, 0.15) is 30.2 Å². The Morgan fingerprint density at radius 1 is 0.870 bits per heavy atom. The second-order valence-electron chi connectivity index (χ2n) is 20.9. The number of pyridine rings is 1. The molecule has 1 amide bonds. The summed E-state index contributed by atoms with van der Waals surface area (Å²) in [6, 6.07) is 4.21. The number of ketones is 2. The summed E-state index contributed by atoms with van der Waals surface area (Å²) in [7, 11) is 3.05. The maximum absolute atomic E-state index is 14.5. The Morgan fingerprint density at radius 2 is 1.64 bits per heavy atom. The highest BCUT2D eigenvalue weighted by atomic mass is 16.6. The van der Waals surface area contributed by atoms with E-state index >= 15 is 0 Å².